The number of carbonyl (C=O) groups excluding carboxylic acids is 1. The Hall–Kier alpha value is -1.55. The standard InChI is InChI=1S/C9H4ClFN2O/c10-9-7(4-14)12-6-3-1-2-5(11)8(6)13-9/h1-4H. The van der Waals surface area contributed by atoms with E-state index in [0.717, 1.165) is 0 Å². The van der Waals surface area contributed by atoms with Crippen LogP contribution in [0.15, 0.2) is 18.2 Å². The second kappa shape index (κ2) is 3.31. The first-order valence-corrected chi connectivity index (χ1v) is 4.17. The molecule has 0 aliphatic rings. The van der Waals surface area contributed by atoms with Gasteiger partial charge in [-0.1, -0.05) is 17.7 Å². The highest BCUT2D eigenvalue weighted by atomic mass is 35.5. The highest BCUT2D eigenvalue weighted by Crippen LogP contribution is 2.17. The molecule has 0 unspecified atom stereocenters. The fourth-order valence-corrected chi connectivity index (χ4v) is 1.28. The molecule has 1 aromatic heterocycles. The summed E-state index contributed by atoms with van der Waals surface area (Å²) in [5.41, 5.74) is 0.407. The SMILES string of the molecule is O=Cc1nc2cccc(F)c2nc1Cl. The lowest BCUT2D eigenvalue weighted by atomic mass is 10.3. The molecule has 0 aliphatic carbocycles. The van der Waals surface area contributed by atoms with Crippen molar-refractivity contribution in [1.29, 1.82) is 0 Å². The van der Waals surface area contributed by atoms with E-state index in [4.69, 9.17) is 11.6 Å². The Kier molecular flexibility index (Phi) is 2.13. The van der Waals surface area contributed by atoms with Crippen molar-refractivity contribution >= 4 is 28.9 Å². The van der Waals surface area contributed by atoms with Gasteiger partial charge in [-0.05, 0) is 12.1 Å². The van der Waals surface area contributed by atoms with Gasteiger partial charge in [-0.15, -0.1) is 0 Å². The van der Waals surface area contributed by atoms with Crippen molar-refractivity contribution in [3.05, 3.63) is 34.9 Å². The average molecular weight is 211 g/mol. The number of nitrogens with zero attached hydrogens (tertiary/aromatic N) is 2. The Morgan fingerprint density at radius 3 is 2.86 bits per heavy atom. The summed E-state index contributed by atoms with van der Waals surface area (Å²) in [6.45, 7) is 0. The predicted molar refractivity (Wildman–Crippen MR) is 49.9 cm³/mol. The molecule has 1 aromatic carbocycles. The van der Waals surface area contributed by atoms with Crippen molar-refractivity contribution in [3.8, 4) is 0 Å². The molecule has 0 bridgehead atoms. The summed E-state index contributed by atoms with van der Waals surface area (Å²) < 4.78 is 13.2. The Balaban J connectivity index is 2.85. The third-order valence-electron chi connectivity index (χ3n) is 1.74. The van der Waals surface area contributed by atoms with E-state index in [1.54, 1.807) is 6.07 Å². The Labute approximate surface area is 83.5 Å². The minimum Gasteiger partial charge on any atom is -0.296 e. The molecule has 2 rings (SSSR count). The van der Waals surface area contributed by atoms with Gasteiger partial charge in [0.25, 0.3) is 0 Å². The van der Waals surface area contributed by atoms with Crippen LogP contribution in [-0.4, -0.2) is 16.3 Å². The van der Waals surface area contributed by atoms with Gasteiger partial charge in [0.15, 0.2) is 17.3 Å². The molecule has 70 valence electrons. The fourth-order valence-electron chi connectivity index (χ4n) is 1.11. The maximum atomic E-state index is 13.2. The molecule has 5 heteroatoms. The van der Waals surface area contributed by atoms with E-state index in [9.17, 15) is 9.18 Å². The van der Waals surface area contributed by atoms with Gasteiger partial charge >= 0.3 is 0 Å². The number of rotatable bonds is 1. The molecule has 0 amide bonds. The van der Waals surface area contributed by atoms with Crippen LogP contribution in [0.4, 0.5) is 4.39 Å². The topological polar surface area (TPSA) is 42.9 Å². The smallest absolute Gasteiger partial charge is 0.171 e. The van der Waals surface area contributed by atoms with E-state index < -0.39 is 5.82 Å². The normalized spacial score (nSPS) is 10.4. The Morgan fingerprint density at radius 1 is 1.36 bits per heavy atom. The van der Waals surface area contributed by atoms with Gasteiger partial charge < -0.3 is 0 Å². The van der Waals surface area contributed by atoms with E-state index in [2.05, 4.69) is 9.97 Å². The molecule has 3 nitrogen and oxygen atoms in total. The van der Waals surface area contributed by atoms with Crippen LogP contribution in [-0.2, 0) is 0 Å². The summed E-state index contributed by atoms with van der Waals surface area (Å²) in [6, 6.07) is 4.32. The fraction of sp³-hybridized carbons (Fsp3) is 0. The van der Waals surface area contributed by atoms with Crippen molar-refractivity contribution in [2.45, 2.75) is 0 Å². The zero-order chi connectivity index (χ0) is 10.1. The van der Waals surface area contributed by atoms with Gasteiger partial charge in [-0.3, -0.25) is 4.79 Å². The summed E-state index contributed by atoms with van der Waals surface area (Å²) in [4.78, 5) is 18.1. The molecule has 0 saturated carbocycles. The van der Waals surface area contributed by atoms with Crippen molar-refractivity contribution in [1.82, 2.24) is 9.97 Å². The molecule has 0 spiro atoms. The third-order valence-corrected chi connectivity index (χ3v) is 2.02. The number of hydrogen-bond acceptors (Lipinski definition) is 3. The molecule has 0 atom stereocenters. The van der Waals surface area contributed by atoms with Crippen LogP contribution in [0.2, 0.25) is 5.15 Å². The maximum absolute atomic E-state index is 13.2. The van der Waals surface area contributed by atoms with Crippen molar-refractivity contribution in [2.24, 2.45) is 0 Å². The lowest BCUT2D eigenvalue weighted by Crippen LogP contribution is -1.95. The summed E-state index contributed by atoms with van der Waals surface area (Å²) >= 11 is 5.60. The van der Waals surface area contributed by atoms with Crippen LogP contribution < -0.4 is 0 Å². The summed E-state index contributed by atoms with van der Waals surface area (Å²) in [7, 11) is 0. The largest absolute Gasteiger partial charge is 0.296 e. The number of fused-ring (bicyclic) bond motifs is 1. The first-order valence-electron chi connectivity index (χ1n) is 3.79. The molecule has 2 aromatic rings. The van der Waals surface area contributed by atoms with Gasteiger partial charge in [-0.2, -0.15) is 0 Å². The quantitative estimate of drug-likeness (QED) is 0.678. The molecular formula is C9H4ClFN2O. The van der Waals surface area contributed by atoms with Crippen molar-refractivity contribution in [2.75, 3.05) is 0 Å². The summed E-state index contributed by atoms with van der Waals surface area (Å²) in [5, 5.41) is -0.0856. The number of hydrogen-bond donors (Lipinski definition) is 0. The van der Waals surface area contributed by atoms with E-state index in [-0.39, 0.29) is 16.4 Å². The Bertz CT molecular complexity index is 515. The second-order valence-electron chi connectivity index (χ2n) is 2.63. The van der Waals surface area contributed by atoms with Gasteiger partial charge in [0.1, 0.15) is 11.2 Å². The number of halogens is 2. The lowest BCUT2D eigenvalue weighted by Gasteiger charge is -1.99. The molecular weight excluding hydrogens is 207 g/mol. The molecule has 0 fully saturated rings. The van der Waals surface area contributed by atoms with Gasteiger partial charge in [0, 0.05) is 0 Å². The monoisotopic (exact) mass is 210 g/mol. The lowest BCUT2D eigenvalue weighted by molar-refractivity contribution is 0.111. The van der Waals surface area contributed by atoms with Crippen LogP contribution in [0.1, 0.15) is 10.5 Å². The average Bonchev–Trinajstić information content (AvgIpc) is 2.19. The van der Waals surface area contributed by atoms with E-state index >= 15 is 0 Å². The number of carbonyl (C=O) groups is 1. The molecule has 1 heterocycles. The predicted octanol–water partition coefficient (Wildman–Crippen LogP) is 2.23. The minimum atomic E-state index is -0.505. The van der Waals surface area contributed by atoms with E-state index in [1.165, 1.54) is 12.1 Å². The van der Waals surface area contributed by atoms with Crippen LogP contribution in [0.25, 0.3) is 11.0 Å². The molecule has 14 heavy (non-hydrogen) atoms. The van der Waals surface area contributed by atoms with E-state index in [1.807, 2.05) is 0 Å². The van der Waals surface area contributed by atoms with Gasteiger partial charge in [-0.25, -0.2) is 14.4 Å². The first kappa shape index (κ1) is 9.02. The van der Waals surface area contributed by atoms with Crippen molar-refractivity contribution in [3.63, 3.8) is 0 Å². The highest BCUT2D eigenvalue weighted by molar-refractivity contribution is 6.31. The molecule has 0 aliphatic heterocycles. The van der Waals surface area contributed by atoms with Crippen LogP contribution in [0.3, 0.4) is 0 Å². The summed E-state index contributed by atoms with van der Waals surface area (Å²) in [5.74, 6) is -0.505. The first-order chi connectivity index (χ1) is 6.72. The van der Waals surface area contributed by atoms with Crippen LogP contribution in [0.5, 0.6) is 0 Å². The second-order valence-corrected chi connectivity index (χ2v) is 2.98. The Morgan fingerprint density at radius 2 is 2.14 bits per heavy atom. The van der Waals surface area contributed by atoms with Gasteiger partial charge in [0.2, 0.25) is 0 Å². The maximum Gasteiger partial charge on any atom is 0.171 e. The summed E-state index contributed by atoms with van der Waals surface area (Å²) in [6.07, 6.45) is 0.486. The zero-order valence-corrected chi connectivity index (χ0v) is 7.62. The number of para-hydroxylation sites is 1. The third kappa shape index (κ3) is 1.33. The molecule has 0 saturated heterocycles. The van der Waals surface area contributed by atoms with E-state index in [0.29, 0.717) is 11.8 Å². The minimum absolute atomic E-state index is 0.0183. The highest BCUT2D eigenvalue weighted by Gasteiger charge is 2.08. The van der Waals surface area contributed by atoms with Crippen LogP contribution >= 0.6 is 11.6 Å². The van der Waals surface area contributed by atoms with Crippen molar-refractivity contribution < 1.29 is 9.18 Å². The number of benzene rings is 1. The molecule has 0 radical (unpaired) electrons. The molecule has 0 N–H and O–H groups in total. The van der Waals surface area contributed by atoms with Crippen LogP contribution in [0, 0.1) is 5.82 Å². The zero-order valence-electron chi connectivity index (χ0n) is 6.87. The van der Waals surface area contributed by atoms with Gasteiger partial charge in [0.05, 0.1) is 5.52 Å². The number of aldehydes is 1. The number of aromatic nitrogens is 2.